The fourth-order valence-electron chi connectivity index (χ4n) is 13.4. The Morgan fingerprint density at radius 2 is 0.909 bits per heavy atom. The predicted octanol–water partition coefficient (Wildman–Crippen LogP) is 9.89. The fraction of sp³-hybridized carbons (Fsp3) is 0.268. The minimum absolute atomic E-state index is 0.0518. The van der Waals surface area contributed by atoms with Gasteiger partial charge < -0.3 is 35.8 Å². The fourth-order valence-corrected chi connectivity index (χ4v) is 13.4. The lowest BCUT2D eigenvalue weighted by Gasteiger charge is -2.32. The summed E-state index contributed by atoms with van der Waals surface area (Å²) in [7, 11) is 0. The van der Waals surface area contributed by atoms with Gasteiger partial charge in [-0.2, -0.15) is 0 Å². The van der Waals surface area contributed by atoms with Gasteiger partial charge in [0.25, 0.3) is 0 Å². The monoisotopic (exact) mass is 1180 g/mol. The topological polar surface area (TPSA) is 230 Å². The van der Waals surface area contributed by atoms with E-state index >= 15 is 0 Å². The molecule has 3 aliphatic rings. The molecule has 5 N–H and O–H groups in total. The number of nitrogens with zero attached hydrogens (tertiary/aromatic N) is 2. The lowest BCUT2D eigenvalue weighted by Crippen LogP contribution is -2.50. The number of fused-ring (bicyclic) bond motifs is 2. The van der Waals surface area contributed by atoms with E-state index in [-0.39, 0.29) is 81.5 Å². The molecule has 0 aromatic heterocycles. The number of nitrogens with one attached hydrogen (secondary N) is 4. The number of anilines is 2. The Morgan fingerprint density at radius 3 is 1.42 bits per heavy atom. The molecule has 17 nitrogen and oxygen atoms in total. The Kier molecular flexibility index (Phi) is 15.2. The highest BCUT2D eigenvalue weighted by molar-refractivity contribution is 6.27. The van der Waals surface area contributed by atoms with Crippen LogP contribution in [0.3, 0.4) is 0 Å². The van der Waals surface area contributed by atoms with Gasteiger partial charge in [0, 0.05) is 78.3 Å². The predicted molar refractivity (Wildman–Crippen MR) is 336 cm³/mol. The number of hydrogen-bond donors (Lipinski definition) is 5. The summed E-state index contributed by atoms with van der Waals surface area (Å²) in [5, 5.41) is 36.5. The first kappa shape index (κ1) is 57.1. The van der Waals surface area contributed by atoms with Gasteiger partial charge in [0.05, 0.1) is 30.0 Å². The smallest absolute Gasteiger partial charge is 0.236 e. The van der Waals surface area contributed by atoms with Crippen LogP contribution in [0.25, 0.3) is 64.6 Å². The second-order valence-corrected chi connectivity index (χ2v) is 23.6. The van der Waals surface area contributed by atoms with Crippen molar-refractivity contribution in [2.75, 3.05) is 36.9 Å². The molecule has 10 aromatic carbocycles. The van der Waals surface area contributed by atoms with Gasteiger partial charge in [-0.15, -0.1) is 0 Å². The normalized spacial score (nSPS) is 19.0. The third-order valence-electron chi connectivity index (χ3n) is 18.3. The molecule has 1 aliphatic carbocycles. The molecule has 17 heteroatoms. The number of carbonyl (C=O) groups excluding carboxylic acids is 8. The molecule has 88 heavy (non-hydrogen) atoms. The maximum atomic E-state index is 14.8. The quantitative estimate of drug-likeness (QED) is 0.0356. The first-order valence-corrected chi connectivity index (χ1v) is 29.9. The lowest BCUT2D eigenvalue weighted by molar-refractivity contribution is -0.145. The van der Waals surface area contributed by atoms with Gasteiger partial charge >= 0.3 is 0 Å². The van der Waals surface area contributed by atoms with Crippen molar-refractivity contribution in [1.82, 2.24) is 20.4 Å². The van der Waals surface area contributed by atoms with Crippen molar-refractivity contribution in [3.8, 4) is 11.5 Å². The van der Waals surface area contributed by atoms with Gasteiger partial charge in [0.2, 0.25) is 47.3 Å². The SMILES string of the molecule is Cc1ccccc1OCC(CNC(=O)CCC(=O)Nc1ccc2ccc3cccc4ccc1c2c34)N1C(=O)C2Cc3cccc(OCC(CNC(=O)CCC(=O)Nc4ccc5ccc6cccc7ccc4c5c67)N4C(=O)C(C)C(C)C4=O)c3C(O)C2C1=O. The van der Waals surface area contributed by atoms with Crippen molar-refractivity contribution >= 4 is 123 Å². The maximum absolute atomic E-state index is 14.8. The molecule has 7 unspecified atom stereocenters. The minimum atomic E-state index is -1.55. The number of amides is 8. The second kappa shape index (κ2) is 23.4. The Morgan fingerprint density at radius 1 is 0.489 bits per heavy atom. The van der Waals surface area contributed by atoms with E-state index in [9.17, 15) is 43.5 Å². The first-order valence-electron chi connectivity index (χ1n) is 29.9. The summed E-state index contributed by atoms with van der Waals surface area (Å²) < 4.78 is 12.7. The van der Waals surface area contributed by atoms with Crippen LogP contribution in [0.2, 0.25) is 0 Å². The van der Waals surface area contributed by atoms with Crippen LogP contribution in [-0.4, -0.2) is 101 Å². The maximum Gasteiger partial charge on any atom is 0.236 e. The number of rotatable bonds is 20. The summed E-state index contributed by atoms with van der Waals surface area (Å²) in [6.45, 7) is 4.23. The molecule has 8 amide bonds. The van der Waals surface area contributed by atoms with Gasteiger partial charge in [0.15, 0.2) is 0 Å². The highest BCUT2D eigenvalue weighted by atomic mass is 16.5. The molecule has 13 rings (SSSR count). The molecule has 2 heterocycles. The number of imide groups is 2. The lowest BCUT2D eigenvalue weighted by atomic mass is 9.75. The van der Waals surface area contributed by atoms with E-state index in [4.69, 9.17) is 9.47 Å². The second-order valence-electron chi connectivity index (χ2n) is 23.6. The van der Waals surface area contributed by atoms with Crippen LogP contribution >= 0.6 is 0 Å². The van der Waals surface area contributed by atoms with Crippen molar-refractivity contribution in [3.63, 3.8) is 0 Å². The number of aliphatic hydroxyl groups excluding tert-OH is 1. The summed E-state index contributed by atoms with van der Waals surface area (Å²) in [5.41, 5.74) is 2.84. The molecule has 444 valence electrons. The third kappa shape index (κ3) is 10.4. The number of hydrogen-bond acceptors (Lipinski definition) is 11. The van der Waals surface area contributed by atoms with Crippen molar-refractivity contribution in [2.45, 2.75) is 71.1 Å². The van der Waals surface area contributed by atoms with Crippen LogP contribution in [0.15, 0.2) is 152 Å². The minimum Gasteiger partial charge on any atom is -0.491 e. The van der Waals surface area contributed by atoms with Crippen LogP contribution in [0.1, 0.15) is 62.3 Å². The number of ether oxygens (including phenoxy) is 2. The van der Waals surface area contributed by atoms with E-state index in [1.807, 2.05) is 79.7 Å². The number of aryl methyl sites for hydroxylation is 1. The molecule has 2 aliphatic heterocycles. The van der Waals surface area contributed by atoms with E-state index in [0.717, 1.165) is 80.0 Å². The summed E-state index contributed by atoms with van der Waals surface area (Å²) in [5.74, 6) is -6.72. The van der Waals surface area contributed by atoms with E-state index in [1.54, 1.807) is 44.2 Å². The number of carbonyl (C=O) groups is 8. The number of aliphatic hydroxyl groups is 1. The molecule has 10 aromatic rings. The molecule has 2 fully saturated rings. The van der Waals surface area contributed by atoms with Crippen LogP contribution in [0.5, 0.6) is 11.5 Å². The van der Waals surface area contributed by atoms with Crippen molar-refractivity contribution < 1.29 is 52.9 Å². The Hall–Kier alpha value is -10.0. The van der Waals surface area contributed by atoms with E-state index in [1.165, 1.54) is 0 Å². The summed E-state index contributed by atoms with van der Waals surface area (Å²) in [6.07, 6.45) is -2.19. The number of likely N-dealkylation sites (tertiary alicyclic amines) is 2. The molecule has 0 bridgehead atoms. The van der Waals surface area contributed by atoms with Gasteiger partial charge in [-0.25, -0.2) is 0 Å². The zero-order valence-electron chi connectivity index (χ0n) is 48.8. The van der Waals surface area contributed by atoms with Gasteiger partial charge in [-0.3, -0.25) is 48.2 Å². The zero-order chi connectivity index (χ0) is 61.1. The average molecular weight is 1180 g/mol. The van der Waals surface area contributed by atoms with Crippen LogP contribution < -0.4 is 30.7 Å². The number of benzene rings is 10. The van der Waals surface area contributed by atoms with Crippen molar-refractivity contribution in [1.29, 1.82) is 0 Å². The van der Waals surface area contributed by atoms with Crippen molar-refractivity contribution in [3.05, 3.63) is 168 Å². The van der Waals surface area contributed by atoms with E-state index < -0.39 is 77.3 Å². The molecule has 7 atom stereocenters. The van der Waals surface area contributed by atoms with Crippen molar-refractivity contribution in [2.24, 2.45) is 23.7 Å². The summed E-state index contributed by atoms with van der Waals surface area (Å²) >= 11 is 0. The standard InChI is InChI=1S/C71H64N6O11/c1-38-9-4-5-15-55(38)87-36-49(35-73-58(79)30-32-60(81)75-54-28-24-46-20-18-42-11-7-13-44-22-26-51(54)64(46)62(42)44)77-70(85)52-33-47-14-8-16-56(65(47)67(82)66(52)71(77)86)88-37-48(76-68(83)39(2)40(3)69(76)84)34-72-57(78)29-31-59(80)74-53-27-23-45-19-17-41-10-6-12-43-21-25-50(53)63(45)61(41)43/h4-28,39-40,48-49,52,66-67,82H,29-37H2,1-3H3,(H,72,78)(H,73,79)(H,74,80)(H,75,81). The summed E-state index contributed by atoms with van der Waals surface area (Å²) in [6, 6.07) is 46.4. The molecular formula is C71H64N6O11. The van der Waals surface area contributed by atoms with Gasteiger partial charge in [-0.1, -0.05) is 141 Å². The Balaban J connectivity index is 0.669. The number of para-hydroxylation sites is 1. The molecular weight excluding hydrogens is 1110 g/mol. The van der Waals surface area contributed by atoms with Crippen LogP contribution in [-0.2, 0) is 44.8 Å². The average Bonchev–Trinajstić information content (AvgIpc) is 1.14. The van der Waals surface area contributed by atoms with Crippen LogP contribution in [0.4, 0.5) is 11.4 Å². The highest BCUT2D eigenvalue weighted by Gasteiger charge is 2.56. The van der Waals surface area contributed by atoms with Crippen LogP contribution in [0, 0.1) is 30.6 Å². The van der Waals surface area contributed by atoms with E-state index in [2.05, 4.69) is 69.8 Å². The Labute approximate surface area is 506 Å². The van der Waals surface area contributed by atoms with Gasteiger partial charge in [0.1, 0.15) is 24.7 Å². The highest BCUT2D eigenvalue weighted by Crippen LogP contribution is 2.48. The first-order chi connectivity index (χ1) is 42.6. The Bertz CT molecular complexity index is 4440. The molecule has 0 radical (unpaired) electrons. The van der Waals surface area contributed by atoms with Gasteiger partial charge in [-0.05, 0) is 103 Å². The third-order valence-corrected chi connectivity index (χ3v) is 18.3. The molecule has 2 saturated heterocycles. The van der Waals surface area contributed by atoms with E-state index in [0.29, 0.717) is 22.7 Å². The molecule has 0 saturated carbocycles. The molecule has 0 spiro atoms. The largest absolute Gasteiger partial charge is 0.491 e. The zero-order valence-corrected chi connectivity index (χ0v) is 48.8. The summed E-state index contributed by atoms with van der Waals surface area (Å²) in [4.78, 5) is 113.